The third kappa shape index (κ3) is 3.57. The molecule has 7 nitrogen and oxygen atoms in total. The van der Waals surface area contributed by atoms with E-state index >= 15 is 0 Å². The van der Waals surface area contributed by atoms with Crippen LogP contribution >= 0.6 is 24.0 Å². The number of carboxylic acids is 1. The fraction of sp³-hybridized carbons (Fsp3) is 0.214. The van der Waals surface area contributed by atoms with E-state index in [-0.39, 0.29) is 26.5 Å². The number of aromatic hydroxyl groups is 1. The van der Waals surface area contributed by atoms with Gasteiger partial charge in [-0.1, -0.05) is 24.0 Å². The second-order valence-corrected chi connectivity index (χ2v) is 6.11. The van der Waals surface area contributed by atoms with Crippen molar-refractivity contribution in [3.8, 4) is 17.2 Å². The lowest BCUT2D eigenvalue weighted by molar-refractivity contribution is -0.140. The van der Waals surface area contributed by atoms with Crippen molar-refractivity contribution in [3.63, 3.8) is 0 Å². The highest BCUT2D eigenvalue weighted by Crippen LogP contribution is 2.39. The first-order chi connectivity index (χ1) is 10.9. The molecule has 2 N–H and O–H groups in total. The van der Waals surface area contributed by atoms with Crippen LogP contribution in [0.15, 0.2) is 17.0 Å². The summed E-state index contributed by atoms with van der Waals surface area (Å²) in [5.74, 6) is -1.39. The lowest BCUT2D eigenvalue weighted by atomic mass is 10.1. The van der Waals surface area contributed by atoms with Crippen molar-refractivity contribution in [2.24, 2.45) is 0 Å². The number of carbonyl (C=O) groups is 2. The number of benzene rings is 1. The van der Waals surface area contributed by atoms with Crippen molar-refractivity contribution in [2.45, 2.75) is 0 Å². The normalized spacial score (nSPS) is 16.1. The quantitative estimate of drug-likeness (QED) is 0.608. The summed E-state index contributed by atoms with van der Waals surface area (Å²) in [7, 11) is 2.79. The fourth-order valence-electron chi connectivity index (χ4n) is 1.92. The Hall–Kier alpha value is -2.26. The summed E-state index contributed by atoms with van der Waals surface area (Å²) in [6.45, 7) is -0.482. The van der Waals surface area contributed by atoms with Gasteiger partial charge in [0.25, 0.3) is 5.91 Å². The second kappa shape index (κ2) is 6.88. The topological polar surface area (TPSA) is 96.3 Å². The Morgan fingerprint density at radius 1 is 1.35 bits per heavy atom. The van der Waals surface area contributed by atoms with Crippen molar-refractivity contribution < 1.29 is 29.3 Å². The van der Waals surface area contributed by atoms with Gasteiger partial charge in [-0.3, -0.25) is 14.5 Å². The summed E-state index contributed by atoms with van der Waals surface area (Å²) in [6.07, 6.45) is 1.53. The van der Waals surface area contributed by atoms with E-state index in [4.69, 9.17) is 26.8 Å². The zero-order chi connectivity index (χ0) is 17.1. The molecule has 0 bridgehead atoms. The summed E-state index contributed by atoms with van der Waals surface area (Å²) in [4.78, 5) is 24.3. The van der Waals surface area contributed by atoms with E-state index in [0.29, 0.717) is 5.56 Å². The van der Waals surface area contributed by atoms with Crippen molar-refractivity contribution in [2.75, 3.05) is 20.8 Å². The molecule has 0 aromatic heterocycles. The van der Waals surface area contributed by atoms with Crippen LogP contribution < -0.4 is 9.47 Å². The maximum Gasteiger partial charge on any atom is 0.323 e. The zero-order valence-electron chi connectivity index (χ0n) is 12.2. The van der Waals surface area contributed by atoms with Crippen molar-refractivity contribution in [3.05, 3.63) is 22.6 Å². The highest BCUT2D eigenvalue weighted by molar-refractivity contribution is 8.26. The molecule has 23 heavy (non-hydrogen) atoms. The van der Waals surface area contributed by atoms with E-state index in [1.54, 1.807) is 0 Å². The molecule has 1 aromatic rings. The fourth-order valence-corrected chi connectivity index (χ4v) is 3.18. The summed E-state index contributed by atoms with van der Waals surface area (Å²) >= 11 is 6.03. The van der Waals surface area contributed by atoms with Gasteiger partial charge < -0.3 is 19.7 Å². The minimum Gasteiger partial charge on any atom is -0.502 e. The molecular weight excluding hydrogens is 342 g/mol. The number of hydrogen-bond donors (Lipinski definition) is 2. The third-order valence-electron chi connectivity index (χ3n) is 2.97. The highest BCUT2D eigenvalue weighted by Gasteiger charge is 2.33. The molecule has 1 heterocycles. The predicted octanol–water partition coefficient (Wildman–Crippen LogP) is 1.70. The maximum absolute atomic E-state index is 12.2. The molecule has 0 saturated carbocycles. The molecule has 0 atom stereocenters. The van der Waals surface area contributed by atoms with Gasteiger partial charge in [-0.25, -0.2) is 0 Å². The number of methoxy groups -OCH3 is 2. The molecule has 0 spiro atoms. The minimum absolute atomic E-state index is 0.148. The summed E-state index contributed by atoms with van der Waals surface area (Å²) in [5, 5.41) is 18.7. The largest absolute Gasteiger partial charge is 0.502 e. The molecule has 0 radical (unpaired) electrons. The number of nitrogens with zero attached hydrogens (tertiary/aromatic N) is 1. The van der Waals surface area contributed by atoms with Crippen LogP contribution in [0.25, 0.3) is 6.08 Å². The van der Waals surface area contributed by atoms with Gasteiger partial charge in [0.05, 0.1) is 19.1 Å². The Bertz CT molecular complexity index is 690. The molecule has 122 valence electrons. The predicted molar refractivity (Wildman–Crippen MR) is 88.7 cm³/mol. The Balaban J connectivity index is 2.37. The Labute approximate surface area is 141 Å². The number of aliphatic carboxylic acids is 1. The highest BCUT2D eigenvalue weighted by atomic mass is 32.2. The number of thiocarbonyl (C=S) groups is 1. The minimum atomic E-state index is -1.14. The number of carbonyl (C=O) groups excluding carboxylic acids is 1. The van der Waals surface area contributed by atoms with Gasteiger partial charge in [0.15, 0.2) is 11.5 Å². The molecule has 1 aliphatic heterocycles. The monoisotopic (exact) mass is 355 g/mol. The molecule has 0 unspecified atom stereocenters. The van der Waals surface area contributed by atoms with Crippen molar-refractivity contribution in [1.29, 1.82) is 0 Å². The van der Waals surface area contributed by atoms with Gasteiger partial charge in [-0.15, -0.1) is 0 Å². The van der Waals surface area contributed by atoms with E-state index in [1.165, 1.54) is 32.4 Å². The van der Waals surface area contributed by atoms with E-state index in [2.05, 4.69) is 0 Å². The van der Waals surface area contributed by atoms with Gasteiger partial charge in [-0.2, -0.15) is 0 Å². The van der Waals surface area contributed by atoms with Gasteiger partial charge in [-0.05, 0) is 23.8 Å². The van der Waals surface area contributed by atoms with E-state index < -0.39 is 18.4 Å². The molecule has 1 aliphatic rings. The second-order valence-electron chi connectivity index (χ2n) is 4.44. The molecular formula is C14H13NO6S2. The number of amides is 1. The lowest BCUT2D eigenvalue weighted by Crippen LogP contribution is -2.33. The van der Waals surface area contributed by atoms with Crippen LogP contribution in [0.2, 0.25) is 0 Å². The van der Waals surface area contributed by atoms with Gasteiger partial charge in [0.1, 0.15) is 10.9 Å². The summed E-state index contributed by atoms with van der Waals surface area (Å²) in [6, 6.07) is 3.06. The maximum atomic E-state index is 12.2. The van der Waals surface area contributed by atoms with Crippen LogP contribution in [-0.2, 0) is 9.59 Å². The number of rotatable bonds is 5. The smallest absolute Gasteiger partial charge is 0.323 e. The Morgan fingerprint density at radius 3 is 2.39 bits per heavy atom. The van der Waals surface area contributed by atoms with Gasteiger partial charge in [0, 0.05) is 0 Å². The molecule has 1 aromatic carbocycles. The van der Waals surface area contributed by atoms with E-state index in [0.717, 1.165) is 16.7 Å². The SMILES string of the molecule is COc1cc(C=C2SC(=S)N(CC(=O)O)C2=O)cc(OC)c1O. The summed E-state index contributed by atoms with van der Waals surface area (Å²) in [5.41, 5.74) is 0.548. The number of phenolic OH excluding ortho intramolecular Hbond substituents is 1. The first-order valence-corrected chi connectivity index (χ1v) is 7.52. The Morgan fingerprint density at radius 2 is 1.91 bits per heavy atom. The number of ether oxygens (including phenoxy) is 2. The van der Waals surface area contributed by atoms with Crippen molar-refractivity contribution in [1.82, 2.24) is 4.90 Å². The van der Waals surface area contributed by atoms with E-state index in [9.17, 15) is 14.7 Å². The third-order valence-corrected chi connectivity index (χ3v) is 4.34. The first-order valence-electron chi connectivity index (χ1n) is 6.29. The van der Waals surface area contributed by atoms with Crippen LogP contribution in [0.5, 0.6) is 17.2 Å². The number of phenols is 1. The van der Waals surface area contributed by atoms with E-state index in [1.807, 2.05) is 0 Å². The van der Waals surface area contributed by atoms with Crippen LogP contribution in [0, 0.1) is 0 Å². The average molecular weight is 355 g/mol. The molecule has 1 fully saturated rings. The number of carboxylic acid groups (broad SMARTS) is 1. The molecule has 1 saturated heterocycles. The van der Waals surface area contributed by atoms with Crippen LogP contribution in [-0.4, -0.2) is 52.1 Å². The van der Waals surface area contributed by atoms with Gasteiger partial charge >= 0.3 is 5.97 Å². The standard InChI is InChI=1S/C14H13NO6S2/c1-20-8-3-7(4-9(21-2)12(8)18)5-10-13(19)15(6-11(16)17)14(22)23-10/h3-5,18H,6H2,1-2H3,(H,16,17). The lowest BCUT2D eigenvalue weighted by Gasteiger charge is -2.10. The summed E-state index contributed by atoms with van der Waals surface area (Å²) < 4.78 is 10.3. The van der Waals surface area contributed by atoms with Gasteiger partial charge in [0.2, 0.25) is 5.75 Å². The Kier molecular flexibility index (Phi) is 5.12. The van der Waals surface area contributed by atoms with Crippen molar-refractivity contribution >= 4 is 46.3 Å². The van der Waals surface area contributed by atoms with Crippen LogP contribution in [0.3, 0.4) is 0 Å². The van der Waals surface area contributed by atoms with Crippen LogP contribution in [0.1, 0.15) is 5.56 Å². The molecule has 9 heteroatoms. The molecule has 0 aliphatic carbocycles. The first kappa shape index (κ1) is 17.1. The number of hydrogen-bond acceptors (Lipinski definition) is 7. The molecule has 1 amide bonds. The molecule has 2 rings (SSSR count). The van der Waals surface area contributed by atoms with Crippen LogP contribution in [0.4, 0.5) is 0 Å². The number of thioether (sulfide) groups is 1. The average Bonchev–Trinajstić information content (AvgIpc) is 2.76. The zero-order valence-corrected chi connectivity index (χ0v) is 13.9.